The lowest BCUT2D eigenvalue weighted by Gasteiger charge is -2.27. The van der Waals surface area contributed by atoms with Gasteiger partial charge in [0.15, 0.2) is 0 Å². The van der Waals surface area contributed by atoms with Crippen molar-refractivity contribution in [2.75, 3.05) is 11.5 Å². The van der Waals surface area contributed by atoms with Gasteiger partial charge in [0.1, 0.15) is 0 Å². The minimum Gasteiger partial charge on any atom is -0.241 e. The number of rotatable bonds is 6. The van der Waals surface area contributed by atoms with Gasteiger partial charge in [-0.2, -0.15) is 20.5 Å². The summed E-state index contributed by atoms with van der Waals surface area (Å²) in [7, 11) is 0. The molecule has 0 fully saturated rings. The van der Waals surface area contributed by atoms with Crippen LogP contribution in [-0.2, 0) is 9.90 Å². The molecule has 0 aromatic heterocycles. The molecule has 0 rings (SSSR count). The van der Waals surface area contributed by atoms with Gasteiger partial charge in [-0.05, 0) is 5.75 Å². The molecule has 0 saturated heterocycles. The van der Waals surface area contributed by atoms with Crippen molar-refractivity contribution in [2.45, 2.75) is 18.6 Å². The van der Waals surface area contributed by atoms with Crippen molar-refractivity contribution in [3.63, 3.8) is 0 Å². The Hall–Kier alpha value is -0.570. The van der Waals surface area contributed by atoms with E-state index in [1.807, 2.05) is 0 Å². The van der Waals surface area contributed by atoms with Crippen molar-refractivity contribution in [2.24, 2.45) is 0 Å². The Morgan fingerprint density at radius 1 is 1.33 bits per heavy atom. The maximum Gasteiger partial charge on any atom is 0.419 e. The van der Waals surface area contributed by atoms with E-state index in [4.69, 9.17) is 0 Å². The number of thioether (sulfide) groups is 1. The summed E-state index contributed by atoms with van der Waals surface area (Å²) in [5, 5.41) is 7.29. The fourth-order valence-electron chi connectivity index (χ4n) is 0.668. The van der Waals surface area contributed by atoms with Crippen molar-refractivity contribution < 1.29 is 32.0 Å². The monoisotopic (exact) mass is 252 g/mol. The van der Waals surface area contributed by atoms with Crippen molar-refractivity contribution in [1.29, 1.82) is 0 Å². The average Bonchev–Trinajstić information content (AvgIpc) is 2.12. The molecule has 0 amide bonds. The standard InChI is InChI=1S/C6H7F5NO2S/c1-2-15-3-5(7,8)6(9,4(13)14)12(10)11/h2-3H2,1H3/t6-/m1/s1. The number of carbonyl (C=O) groups excluding carboxylic acids is 1. The van der Waals surface area contributed by atoms with Crippen molar-refractivity contribution >= 4 is 17.7 Å². The van der Waals surface area contributed by atoms with Crippen LogP contribution < -0.4 is 0 Å². The summed E-state index contributed by atoms with van der Waals surface area (Å²) in [6.45, 7) is 1.43. The molecule has 0 bridgehead atoms. The van der Waals surface area contributed by atoms with E-state index in [0.717, 1.165) is 0 Å². The molecule has 0 aromatic rings. The second-order valence-electron chi connectivity index (χ2n) is 2.48. The summed E-state index contributed by atoms with van der Waals surface area (Å²) in [5.74, 6) is -14.3. The molecule has 0 spiro atoms. The van der Waals surface area contributed by atoms with Crippen LogP contribution >= 0.6 is 11.8 Å². The van der Waals surface area contributed by atoms with Crippen LogP contribution in [0.4, 0.5) is 22.1 Å². The Labute approximate surface area is 86.1 Å². The Balaban J connectivity index is 4.98. The molecule has 0 saturated carbocycles. The van der Waals surface area contributed by atoms with Crippen LogP contribution in [-0.4, -0.2) is 34.5 Å². The van der Waals surface area contributed by atoms with E-state index < -0.39 is 28.8 Å². The maximum absolute atomic E-state index is 12.9. The summed E-state index contributed by atoms with van der Waals surface area (Å²) >= 11 is 0.436. The molecular weight excluding hydrogens is 245 g/mol. The molecule has 1 atom stereocenters. The predicted molar refractivity (Wildman–Crippen MR) is 41.5 cm³/mol. The number of nitrogens with zero attached hydrogens (tertiary/aromatic N) is 1. The van der Waals surface area contributed by atoms with Crippen LogP contribution in [0.3, 0.4) is 0 Å². The minimum absolute atomic E-state index is 0.108. The second kappa shape index (κ2) is 4.97. The molecule has 0 aromatic carbocycles. The van der Waals surface area contributed by atoms with Crippen LogP contribution in [0.1, 0.15) is 6.92 Å². The van der Waals surface area contributed by atoms with Gasteiger partial charge in [-0.1, -0.05) is 15.9 Å². The van der Waals surface area contributed by atoms with E-state index >= 15 is 0 Å². The first-order chi connectivity index (χ1) is 6.70. The molecule has 15 heavy (non-hydrogen) atoms. The van der Waals surface area contributed by atoms with Gasteiger partial charge in [-0.25, -0.2) is 14.3 Å². The maximum atomic E-state index is 12.9. The molecule has 0 N–H and O–H groups in total. The van der Waals surface area contributed by atoms with E-state index in [1.54, 1.807) is 0 Å². The summed E-state index contributed by atoms with van der Waals surface area (Å²) in [6, 6.07) is 0. The quantitative estimate of drug-likeness (QED) is 0.413. The van der Waals surface area contributed by atoms with E-state index in [-0.39, 0.29) is 5.75 Å². The van der Waals surface area contributed by atoms with Crippen LogP contribution in [0.2, 0.25) is 0 Å². The van der Waals surface area contributed by atoms with Gasteiger partial charge in [0.25, 0.3) is 0 Å². The highest BCUT2D eigenvalue weighted by atomic mass is 32.2. The van der Waals surface area contributed by atoms with Crippen LogP contribution in [0.5, 0.6) is 0 Å². The third-order valence-electron chi connectivity index (χ3n) is 1.48. The van der Waals surface area contributed by atoms with Gasteiger partial charge in [0.05, 0.1) is 11.1 Å². The molecule has 9 heteroatoms. The summed E-state index contributed by atoms with van der Waals surface area (Å²) < 4.78 is 62.1. The van der Waals surface area contributed by atoms with E-state index in [9.17, 15) is 32.0 Å². The molecule has 0 aliphatic heterocycles. The smallest absolute Gasteiger partial charge is 0.241 e. The largest absolute Gasteiger partial charge is 0.419 e. The minimum atomic E-state index is -5.10. The fourth-order valence-corrected chi connectivity index (χ4v) is 1.32. The van der Waals surface area contributed by atoms with E-state index in [1.165, 1.54) is 6.92 Å². The molecule has 3 nitrogen and oxygen atoms in total. The molecular formula is C6H7F5NO2S. The zero-order valence-corrected chi connectivity index (χ0v) is 8.29. The topological polar surface area (TPSA) is 40.2 Å². The normalized spacial score (nSPS) is 16.5. The van der Waals surface area contributed by atoms with Gasteiger partial charge in [-0.3, -0.25) is 0 Å². The number of halogens is 5. The Kier molecular flexibility index (Phi) is 4.78. The zero-order valence-electron chi connectivity index (χ0n) is 7.48. The molecule has 0 unspecified atom stereocenters. The predicted octanol–water partition coefficient (Wildman–Crippen LogP) is 2.07. The molecule has 0 heterocycles. The van der Waals surface area contributed by atoms with Crippen LogP contribution in [0.25, 0.3) is 0 Å². The fraction of sp³-hybridized carbons (Fsp3) is 0.833. The first-order valence-electron chi connectivity index (χ1n) is 3.67. The SMILES string of the molecule is CCSCC(F)(F)[C@@](F)(C([O])=O)N(F)F. The molecule has 0 aliphatic rings. The van der Waals surface area contributed by atoms with Crippen LogP contribution in [0, 0.1) is 0 Å². The molecule has 89 valence electrons. The van der Waals surface area contributed by atoms with Gasteiger partial charge in [0.2, 0.25) is 0 Å². The number of alkyl halides is 3. The number of carbonyl (C=O) groups is 1. The van der Waals surface area contributed by atoms with Crippen molar-refractivity contribution in [3.8, 4) is 0 Å². The zero-order chi connectivity index (χ0) is 12.3. The molecule has 1 radical (unpaired) electrons. The summed E-state index contributed by atoms with van der Waals surface area (Å²) in [5.41, 5.74) is 0. The molecule has 0 aliphatic carbocycles. The number of hydrogen-bond acceptors (Lipinski definition) is 3. The van der Waals surface area contributed by atoms with E-state index in [2.05, 4.69) is 0 Å². The van der Waals surface area contributed by atoms with E-state index in [0.29, 0.717) is 11.8 Å². The van der Waals surface area contributed by atoms with Gasteiger partial charge < -0.3 is 0 Å². The summed E-state index contributed by atoms with van der Waals surface area (Å²) in [4.78, 5) is 9.98. The van der Waals surface area contributed by atoms with Crippen molar-refractivity contribution in [3.05, 3.63) is 0 Å². The van der Waals surface area contributed by atoms with Gasteiger partial charge in [-0.15, -0.1) is 0 Å². The third kappa shape index (κ3) is 2.71. The highest BCUT2D eigenvalue weighted by Crippen LogP contribution is 2.39. The third-order valence-corrected chi connectivity index (χ3v) is 2.45. The first-order valence-corrected chi connectivity index (χ1v) is 4.83. The lowest BCUT2D eigenvalue weighted by atomic mass is 10.1. The van der Waals surface area contributed by atoms with Crippen molar-refractivity contribution in [1.82, 2.24) is 5.34 Å². The summed E-state index contributed by atoms with van der Waals surface area (Å²) in [6.07, 6.45) is 0. The average molecular weight is 252 g/mol. The van der Waals surface area contributed by atoms with Gasteiger partial charge in [0, 0.05) is 0 Å². The Morgan fingerprint density at radius 2 is 1.80 bits per heavy atom. The van der Waals surface area contributed by atoms with Gasteiger partial charge >= 0.3 is 17.7 Å². The number of hydrogen-bond donors (Lipinski definition) is 0. The lowest BCUT2D eigenvalue weighted by molar-refractivity contribution is -0.332. The Morgan fingerprint density at radius 3 is 2.07 bits per heavy atom. The highest BCUT2D eigenvalue weighted by Gasteiger charge is 2.68. The Bertz CT molecular complexity index is 240. The second-order valence-corrected chi connectivity index (χ2v) is 3.76. The van der Waals surface area contributed by atoms with Crippen LogP contribution in [0.15, 0.2) is 0 Å². The highest BCUT2D eigenvalue weighted by molar-refractivity contribution is 7.99. The first kappa shape index (κ1) is 14.4. The lowest BCUT2D eigenvalue weighted by Crippen LogP contribution is -2.58.